The average Bonchev–Trinajstić information content (AvgIpc) is 3.50. The van der Waals surface area contributed by atoms with Gasteiger partial charge >= 0.3 is 0 Å². The first-order chi connectivity index (χ1) is 18.9. The molecule has 1 spiro atoms. The number of aromatic nitrogens is 2. The number of fused-ring (bicyclic) bond motifs is 1. The molecule has 8 nitrogen and oxygen atoms in total. The van der Waals surface area contributed by atoms with Crippen LogP contribution in [0.2, 0.25) is 0 Å². The van der Waals surface area contributed by atoms with E-state index >= 15 is 0 Å². The van der Waals surface area contributed by atoms with Crippen LogP contribution in [0.5, 0.6) is 5.75 Å². The first-order valence-electron chi connectivity index (χ1n) is 13.6. The number of amides is 2. The Balaban J connectivity index is 1.14. The Morgan fingerprint density at radius 3 is 2.74 bits per heavy atom. The molecular weight excluding hydrogens is 499 g/mol. The van der Waals surface area contributed by atoms with Crippen LogP contribution in [0.25, 0.3) is 0 Å². The van der Waals surface area contributed by atoms with Gasteiger partial charge in [0, 0.05) is 20.3 Å². The lowest BCUT2D eigenvalue weighted by Crippen LogP contribution is -2.49. The summed E-state index contributed by atoms with van der Waals surface area (Å²) >= 11 is 0. The number of rotatable bonds is 5. The second-order valence-electron chi connectivity index (χ2n) is 11.0. The molecule has 6 rings (SSSR count). The van der Waals surface area contributed by atoms with Crippen molar-refractivity contribution in [2.75, 3.05) is 31.8 Å². The number of benzene rings is 2. The van der Waals surface area contributed by atoms with E-state index in [1.807, 2.05) is 42.5 Å². The van der Waals surface area contributed by atoms with Gasteiger partial charge in [-0.05, 0) is 66.7 Å². The quantitative estimate of drug-likeness (QED) is 0.530. The monoisotopic (exact) mass is 532 g/mol. The highest BCUT2D eigenvalue weighted by Gasteiger charge is 2.41. The van der Waals surface area contributed by atoms with Gasteiger partial charge < -0.3 is 19.7 Å². The lowest BCUT2D eigenvalue weighted by atomic mass is 9.77. The zero-order valence-electron chi connectivity index (χ0n) is 22.1. The molecule has 2 fully saturated rings. The molecular formula is C30H33FN4O4. The van der Waals surface area contributed by atoms with Crippen LogP contribution in [0.3, 0.4) is 0 Å². The van der Waals surface area contributed by atoms with E-state index < -0.39 is 17.8 Å². The predicted octanol–water partition coefficient (Wildman–Crippen LogP) is 4.29. The maximum Gasteiger partial charge on any atom is 0.275 e. The summed E-state index contributed by atoms with van der Waals surface area (Å²) in [5.74, 6) is -0.802. The molecule has 1 N–H and O–H groups in total. The van der Waals surface area contributed by atoms with Gasteiger partial charge in [0.1, 0.15) is 18.4 Å². The normalized spacial score (nSPS) is 22.3. The van der Waals surface area contributed by atoms with Crippen molar-refractivity contribution in [3.05, 3.63) is 77.4 Å². The number of nitrogens with zero attached hydrogens (tertiary/aromatic N) is 3. The smallest absolute Gasteiger partial charge is 0.275 e. The summed E-state index contributed by atoms with van der Waals surface area (Å²) in [6.07, 6.45) is 6.87. The first kappa shape index (κ1) is 25.6. The number of hydrogen-bond acceptors (Lipinski definition) is 5. The van der Waals surface area contributed by atoms with Crippen molar-refractivity contribution in [2.45, 2.75) is 50.6 Å². The van der Waals surface area contributed by atoms with Gasteiger partial charge in [-0.25, -0.2) is 4.39 Å². The van der Waals surface area contributed by atoms with Gasteiger partial charge in [0.05, 0.1) is 18.4 Å². The van der Waals surface area contributed by atoms with Crippen LogP contribution in [0.4, 0.5) is 10.1 Å². The lowest BCUT2D eigenvalue weighted by Gasteiger charge is -2.33. The van der Waals surface area contributed by atoms with Crippen molar-refractivity contribution in [3.8, 4) is 5.75 Å². The van der Waals surface area contributed by atoms with E-state index in [1.54, 1.807) is 7.05 Å². The van der Waals surface area contributed by atoms with Crippen LogP contribution in [0.1, 0.15) is 59.6 Å². The molecule has 1 unspecified atom stereocenters. The van der Waals surface area contributed by atoms with E-state index in [1.165, 1.54) is 27.8 Å². The second-order valence-corrected chi connectivity index (χ2v) is 11.0. The summed E-state index contributed by atoms with van der Waals surface area (Å²) in [7, 11) is 1.68. The molecule has 3 aromatic rings. The minimum absolute atomic E-state index is 0.0554. The Morgan fingerprint density at radius 2 is 1.95 bits per heavy atom. The maximum absolute atomic E-state index is 14.6. The van der Waals surface area contributed by atoms with Crippen LogP contribution >= 0.6 is 0 Å². The number of likely N-dealkylation sites (N-methyl/N-ethyl adjacent to an activating group) is 1. The van der Waals surface area contributed by atoms with E-state index in [4.69, 9.17) is 9.47 Å². The topological polar surface area (TPSA) is 85.7 Å². The van der Waals surface area contributed by atoms with Gasteiger partial charge in [-0.15, -0.1) is 0 Å². The van der Waals surface area contributed by atoms with Crippen molar-refractivity contribution in [1.29, 1.82) is 0 Å². The highest BCUT2D eigenvalue weighted by molar-refractivity contribution is 6.02. The van der Waals surface area contributed by atoms with Crippen molar-refractivity contribution >= 4 is 17.5 Å². The molecule has 204 valence electrons. The lowest BCUT2D eigenvalue weighted by molar-refractivity contribution is -0.120. The van der Waals surface area contributed by atoms with E-state index in [-0.39, 0.29) is 18.2 Å². The molecule has 3 heterocycles. The van der Waals surface area contributed by atoms with Gasteiger partial charge in [0.25, 0.3) is 11.8 Å². The Hall–Kier alpha value is -3.72. The molecule has 2 aliphatic heterocycles. The Morgan fingerprint density at radius 1 is 1.15 bits per heavy atom. The Bertz CT molecular complexity index is 1370. The highest BCUT2D eigenvalue weighted by atomic mass is 19.1. The first-order valence-corrected chi connectivity index (χ1v) is 13.6. The molecule has 39 heavy (non-hydrogen) atoms. The van der Waals surface area contributed by atoms with Crippen molar-refractivity contribution in [1.82, 2.24) is 15.1 Å². The SMILES string of the molecule is CN1C(=O)[C@@H](NC(=O)c2nn(Cc3ccccc3)cc2F)COc2ccc(C3CCC4(CCOCC4)C3)cc21. The number of carbonyl (C=O) groups is 2. The van der Waals surface area contributed by atoms with Gasteiger partial charge in [-0.2, -0.15) is 5.10 Å². The molecule has 0 bridgehead atoms. The van der Waals surface area contributed by atoms with E-state index in [0.717, 1.165) is 44.5 Å². The maximum atomic E-state index is 14.6. The van der Waals surface area contributed by atoms with Crippen molar-refractivity contribution in [2.24, 2.45) is 5.41 Å². The molecule has 1 saturated carbocycles. The molecule has 1 aromatic heterocycles. The van der Waals surface area contributed by atoms with Crippen LogP contribution in [-0.2, 0) is 16.1 Å². The van der Waals surface area contributed by atoms with Gasteiger partial charge in [-0.1, -0.05) is 36.4 Å². The Kier molecular flexibility index (Phi) is 6.85. The minimum Gasteiger partial charge on any atom is -0.489 e. The van der Waals surface area contributed by atoms with Crippen LogP contribution in [0, 0.1) is 11.2 Å². The van der Waals surface area contributed by atoms with E-state index in [2.05, 4.69) is 16.5 Å². The minimum atomic E-state index is -0.978. The van der Waals surface area contributed by atoms with Crippen LogP contribution in [0.15, 0.2) is 54.7 Å². The summed E-state index contributed by atoms with van der Waals surface area (Å²) < 4.78 is 27.6. The number of ether oxygens (including phenoxy) is 2. The van der Waals surface area contributed by atoms with E-state index in [0.29, 0.717) is 29.3 Å². The van der Waals surface area contributed by atoms with Crippen LogP contribution < -0.4 is 15.0 Å². The Labute approximate surface area is 227 Å². The number of hydrogen-bond donors (Lipinski definition) is 1. The van der Waals surface area contributed by atoms with E-state index in [9.17, 15) is 14.0 Å². The number of nitrogens with one attached hydrogen (secondary N) is 1. The van der Waals surface area contributed by atoms with Crippen LogP contribution in [-0.4, -0.2) is 54.5 Å². The molecule has 2 amide bonds. The molecule has 2 aromatic carbocycles. The summed E-state index contributed by atoms with van der Waals surface area (Å²) in [6, 6.07) is 14.5. The molecule has 1 saturated heterocycles. The third-order valence-electron chi connectivity index (χ3n) is 8.53. The zero-order chi connectivity index (χ0) is 27.0. The molecule has 3 aliphatic rings. The fourth-order valence-electron chi connectivity index (χ4n) is 6.25. The van der Waals surface area contributed by atoms with Crippen molar-refractivity contribution < 1.29 is 23.5 Å². The summed E-state index contributed by atoms with van der Waals surface area (Å²) in [4.78, 5) is 27.9. The summed E-state index contributed by atoms with van der Waals surface area (Å²) in [5.41, 5.74) is 2.83. The van der Waals surface area contributed by atoms with Gasteiger partial charge in [0.2, 0.25) is 0 Å². The molecule has 9 heteroatoms. The zero-order valence-corrected chi connectivity index (χ0v) is 22.1. The molecule has 2 atom stereocenters. The number of anilines is 1. The molecule has 0 radical (unpaired) electrons. The number of halogens is 1. The third kappa shape index (κ3) is 5.15. The fourth-order valence-corrected chi connectivity index (χ4v) is 6.25. The summed E-state index contributed by atoms with van der Waals surface area (Å²) in [5, 5.41) is 6.76. The molecule has 1 aliphatic carbocycles. The average molecular weight is 533 g/mol. The fraction of sp³-hybridized carbons (Fsp3) is 0.433. The number of carbonyl (C=O) groups excluding carboxylic acids is 2. The standard InChI is InChI=1S/C30H33FN4O4/c1-34-25-15-21(22-9-10-30(16-22)11-13-38-14-12-30)7-8-26(25)39-19-24(29(34)37)32-28(36)27-23(31)18-35(33-27)17-20-5-3-2-4-6-20/h2-8,15,18,22,24H,9-14,16-17,19H2,1H3,(H,32,36)/t22?,24-/m0/s1. The van der Waals surface area contributed by atoms with Gasteiger partial charge in [-0.3, -0.25) is 14.3 Å². The van der Waals surface area contributed by atoms with Crippen molar-refractivity contribution in [3.63, 3.8) is 0 Å². The summed E-state index contributed by atoms with van der Waals surface area (Å²) in [6.45, 7) is 1.95. The van der Waals surface area contributed by atoms with Gasteiger partial charge in [0.15, 0.2) is 11.5 Å². The second kappa shape index (κ2) is 10.4. The third-order valence-corrected chi connectivity index (χ3v) is 8.53. The highest BCUT2D eigenvalue weighted by Crippen LogP contribution is 2.52. The largest absolute Gasteiger partial charge is 0.489 e. The predicted molar refractivity (Wildman–Crippen MR) is 143 cm³/mol.